The lowest BCUT2D eigenvalue weighted by atomic mass is 10.2. The van der Waals surface area contributed by atoms with Crippen LogP contribution in [-0.2, 0) is 10.0 Å². The Morgan fingerprint density at radius 3 is 2.41 bits per heavy atom. The van der Waals surface area contributed by atoms with Crippen molar-refractivity contribution in [3.05, 3.63) is 76.5 Å². The molecule has 1 amide bonds. The van der Waals surface area contributed by atoms with Crippen LogP contribution in [0.4, 0.5) is 11.4 Å². The van der Waals surface area contributed by atoms with E-state index in [2.05, 4.69) is 10.0 Å². The van der Waals surface area contributed by atoms with Crippen LogP contribution in [0.15, 0.2) is 70.9 Å². The van der Waals surface area contributed by atoms with Gasteiger partial charge in [-0.05, 0) is 42.6 Å². The number of likely N-dealkylation sites (N-methyl/N-ethyl adjacent to an activating group) is 1. The number of carbonyl (C=O) groups is 1. The summed E-state index contributed by atoms with van der Waals surface area (Å²) in [4.78, 5) is 14.8. The van der Waals surface area contributed by atoms with E-state index in [1.54, 1.807) is 17.5 Å². The first-order valence-electron chi connectivity index (χ1n) is 9.08. The fourth-order valence-electron chi connectivity index (χ4n) is 2.74. The van der Waals surface area contributed by atoms with Crippen molar-refractivity contribution in [2.24, 2.45) is 0 Å². The van der Waals surface area contributed by atoms with Crippen LogP contribution in [0, 0.1) is 6.92 Å². The molecule has 0 fully saturated rings. The molecule has 6 nitrogen and oxygen atoms in total. The van der Waals surface area contributed by atoms with Crippen molar-refractivity contribution in [3.63, 3.8) is 0 Å². The highest BCUT2D eigenvalue weighted by Crippen LogP contribution is 2.24. The van der Waals surface area contributed by atoms with Gasteiger partial charge in [-0.2, -0.15) is 0 Å². The Hall–Kier alpha value is -2.84. The topological polar surface area (TPSA) is 78.5 Å². The SMILES string of the molecule is Cc1ccc(NS(=O)(=O)c2ccsc2C(=O)NCCN(C)c2ccccc2)cc1. The number of aryl methyl sites for hydroxylation is 1. The zero-order valence-corrected chi connectivity index (χ0v) is 17.9. The van der Waals surface area contributed by atoms with Crippen molar-refractivity contribution in [2.75, 3.05) is 29.8 Å². The molecule has 1 heterocycles. The zero-order chi connectivity index (χ0) is 20.9. The van der Waals surface area contributed by atoms with Gasteiger partial charge in [-0.1, -0.05) is 35.9 Å². The van der Waals surface area contributed by atoms with Gasteiger partial charge in [0.1, 0.15) is 9.77 Å². The van der Waals surface area contributed by atoms with E-state index >= 15 is 0 Å². The number of carbonyl (C=O) groups excluding carboxylic acids is 1. The average molecular weight is 430 g/mol. The highest BCUT2D eigenvalue weighted by atomic mass is 32.2. The molecule has 0 spiro atoms. The summed E-state index contributed by atoms with van der Waals surface area (Å²) in [7, 11) is -1.92. The first-order valence-corrected chi connectivity index (χ1v) is 11.4. The lowest BCUT2D eigenvalue weighted by molar-refractivity contribution is 0.0956. The Kier molecular flexibility index (Phi) is 6.56. The molecular weight excluding hydrogens is 406 g/mol. The van der Waals surface area contributed by atoms with Gasteiger partial charge >= 0.3 is 0 Å². The Morgan fingerprint density at radius 1 is 1.03 bits per heavy atom. The van der Waals surface area contributed by atoms with Gasteiger partial charge in [0.2, 0.25) is 0 Å². The third-order valence-electron chi connectivity index (χ3n) is 4.36. The molecule has 29 heavy (non-hydrogen) atoms. The molecule has 152 valence electrons. The Balaban J connectivity index is 1.64. The number of amides is 1. The molecule has 3 rings (SSSR count). The number of sulfonamides is 1. The minimum atomic E-state index is -3.85. The van der Waals surface area contributed by atoms with Crippen LogP contribution in [0.3, 0.4) is 0 Å². The molecule has 0 atom stereocenters. The maximum absolute atomic E-state index is 12.7. The van der Waals surface area contributed by atoms with Gasteiger partial charge in [0.05, 0.1) is 0 Å². The molecule has 3 aromatic rings. The van der Waals surface area contributed by atoms with Gasteiger partial charge in [-0.3, -0.25) is 9.52 Å². The van der Waals surface area contributed by atoms with Crippen LogP contribution in [0.2, 0.25) is 0 Å². The minimum Gasteiger partial charge on any atom is -0.373 e. The van der Waals surface area contributed by atoms with Crippen molar-refractivity contribution < 1.29 is 13.2 Å². The Bertz CT molecular complexity index is 1060. The molecule has 0 aliphatic heterocycles. The van der Waals surface area contributed by atoms with Gasteiger partial charge in [0.15, 0.2) is 0 Å². The second kappa shape index (κ2) is 9.11. The molecule has 0 bridgehead atoms. The first-order chi connectivity index (χ1) is 13.9. The number of para-hydroxylation sites is 1. The van der Waals surface area contributed by atoms with Crippen molar-refractivity contribution in [3.8, 4) is 0 Å². The number of benzene rings is 2. The highest BCUT2D eigenvalue weighted by Gasteiger charge is 2.24. The number of nitrogens with one attached hydrogen (secondary N) is 2. The summed E-state index contributed by atoms with van der Waals surface area (Å²) in [5.74, 6) is -0.397. The molecule has 2 N–H and O–H groups in total. The van der Waals surface area contributed by atoms with Gasteiger partial charge in [0.25, 0.3) is 15.9 Å². The van der Waals surface area contributed by atoms with Crippen LogP contribution in [-0.4, -0.2) is 34.5 Å². The average Bonchev–Trinajstić information content (AvgIpc) is 3.21. The number of hydrogen-bond donors (Lipinski definition) is 2. The van der Waals surface area contributed by atoms with E-state index < -0.39 is 15.9 Å². The van der Waals surface area contributed by atoms with Gasteiger partial charge in [-0.15, -0.1) is 11.3 Å². The van der Waals surface area contributed by atoms with Crippen molar-refractivity contribution in [1.29, 1.82) is 0 Å². The first kappa shape index (κ1) is 20.9. The molecular formula is C21H23N3O3S2. The smallest absolute Gasteiger partial charge is 0.263 e. The molecule has 0 aliphatic carbocycles. The second-order valence-electron chi connectivity index (χ2n) is 6.60. The summed E-state index contributed by atoms with van der Waals surface area (Å²) in [5, 5.41) is 4.41. The maximum Gasteiger partial charge on any atom is 0.263 e. The van der Waals surface area contributed by atoms with Crippen molar-refractivity contribution in [1.82, 2.24) is 5.32 Å². The van der Waals surface area contributed by atoms with E-state index in [1.807, 2.05) is 61.3 Å². The van der Waals surface area contributed by atoms with E-state index in [4.69, 9.17) is 0 Å². The Morgan fingerprint density at radius 2 is 1.72 bits per heavy atom. The number of rotatable bonds is 8. The number of nitrogens with zero attached hydrogens (tertiary/aromatic N) is 1. The molecule has 0 saturated heterocycles. The number of hydrogen-bond acceptors (Lipinski definition) is 5. The van der Waals surface area contributed by atoms with Crippen LogP contribution < -0.4 is 14.9 Å². The predicted molar refractivity (Wildman–Crippen MR) is 118 cm³/mol. The second-order valence-corrected chi connectivity index (χ2v) is 9.17. The van der Waals surface area contributed by atoms with Crippen molar-refractivity contribution >= 4 is 38.6 Å². The van der Waals surface area contributed by atoms with E-state index in [0.29, 0.717) is 18.8 Å². The fourth-order valence-corrected chi connectivity index (χ4v) is 5.14. The Labute approximate surface area is 175 Å². The summed E-state index contributed by atoms with van der Waals surface area (Å²) >= 11 is 1.11. The summed E-state index contributed by atoms with van der Waals surface area (Å²) in [6, 6.07) is 18.3. The van der Waals surface area contributed by atoms with E-state index in [0.717, 1.165) is 22.6 Å². The number of anilines is 2. The van der Waals surface area contributed by atoms with Crippen molar-refractivity contribution in [2.45, 2.75) is 11.8 Å². The zero-order valence-electron chi connectivity index (χ0n) is 16.3. The van der Waals surface area contributed by atoms with Crippen LogP contribution in [0.25, 0.3) is 0 Å². The van der Waals surface area contributed by atoms with Gasteiger partial charge in [-0.25, -0.2) is 8.42 Å². The molecule has 2 aromatic carbocycles. The lowest BCUT2D eigenvalue weighted by Gasteiger charge is -2.19. The summed E-state index contributed by atoms with van der Waals surface area (Å²) in [5.41, 5.74) is 2.53. The normalized spacial score (nSPS) is 11.1. The molecule has 1 aromatic heterocycles. The van der Waals surface area contributed by atoms with Crippen LogP contribution in [0.1, 0.15) is 15.2 Å². The third-order valence-corrected chi connectivity index (χ3v) is 6.82. The van der Waals surface area contributed by atoms with E-state index in [9.17, 15) is 13.2 Å². The van der Waals surface area contributed by atoms with E-state index in [-0.39, 0.29) is 9.77 Å². The number of thiophene rings is 1. The van der Waals surface area contributed by atoms with Crippen LogP contribution in [0.5, 0.6) is 0 Å². The monoisotopic (exact) mass is 429 g/mol. The molecule has 0 unspecified atom stereocenters. The van der Waals surface area contributed by atoms with Gasteiger partial charge < -0.3 is 10.2 Å². The molecule has 0 aliphatic rings. The quantitative estimate of drug-likeness (QED) is 0.572. The molecule has 0 radical (unpaired) electrons. The third kappa shape index (κ3) is 5.36. The minimum absolute atomic E-state index is 0.0167. The summed E-state index contributed by atoms with van der Waals surface area (Å²) in [6.07, 6.45) is 0. The largest absolute Gasteiger partial charge is 0.373 e. The lowest BCUT2D eigenvalue weighted by Crippen LogP contribution is -2.33. The molecule has 8 heteroatoms. The maximum atomic E-state index is 12.7. The summed E-state index contributed by atoms with van der Waals surface area (Å²) < 4.78 is 28.0. The van der Waals surface area contributed by atoms with Gasteiger partial charge in [0, 0.05) is 31.5 Å². The predicted octanol–water partition coefficient (Wildman–Crippen LogP) is 3.72. The fraction of sp³-hybridized carbons (Fsp3) is 0.190. The summed E-state index contributed by atoms with van der Waals surface area (Å²) in [6.45, 7) is 2.92. The molecule has 0 saturated carbocycles. The standard InChI is InChI=1S/C21H23N3O3S2/c1-16-8-10-17(11-9-16)23-29(26,27)19-12-15-28-20(19)21(25)22-13-14-24(2)18-6-4-3-5-7-18/h3-12,15,23H,13-14H2,1-2H3,(H,22,25). The van der Waals surface area contributed by atoms with Crippen LogP contribution >= 0.6 is 11.3 Å². The highest BCUT2D eigenvalue weighted by molar-refractivity contribution is 7.93. The van der Waals surface area contributed by atoms with E-state index in [1.165, 1.54) is 6.07 Å².